The second-order valence-corrected chi connectivity index (χ2v) is 8.77. The Morgan fingerprint density at radius 1 is 0.885 bits per heavy atom. The molecule has 0 spiro atoms. The van der Waals surface area contributed by atoms with Crippen LogP contribution in [-0.2, 0) is 6.42 Å². The molecule has 2 aliphatic rings. The molecule has 1 heteroatoms. The van der Waals surface area contributed by atoms with Gasteiger partial charge in [-0.2, -0.15) is 0 Å². The zero-order valence-corrected chi connectivity index (χ0v) is 16.7. The maximum absolute atomic E-state index is 13.5. The molecule has 0 heterocycles. The average Bonchev–Trinajstić information content (AvgIpc) is 2.67. The summed E-state index contributed by atoms with van der Waals surface area (Å²) in [5.74, 6) is 1.84. The predicted octanol–water partition coefficient (Wildman–Crippen LogP) is 8.10. The van der Waals surface area contributed by atoms with Gasteiger partial charge in [0.2, 0.25) is 0 Å². The molecule has 0 unspecified atom stereocenters. The zero-order valence-electron chi connectivity index (χ0n) is 16.7. The number of halogens is 1. The van der Waals surface area contributed by atoms with Crippen molar-refractivity contribution in [1.29, 1.82) is 0 Å². The molecule has 0 nitrogen and oxygen atoms in total. The van der Waals surface area contributed by atoms with Gasteiger partial charge < -0.3 is 0 Å². The van der Waals surface area contributed by atoms with Gasteiger partial charge in [0.25, 0.3) is 0 Å². The first kappa shape index (κ1) is 19.6. The third kappa shape index (κ3) is 5.96. The highest BCUT2D eigenvalue weighted by atomic mass is 19.1. The molecule has 1 fully saturated rings. The molecular weight excluding hydrogens is 319 g/mol. The fourth-order valence-corrected chi connectivity index (χ4v) is 4.95. The smallest absolute Gasteiger partial charge is 0.123 e. The first-order chi connectivity index (χ1) is 12.7. The number of hydrogen-bond donors (Lipinski definition) is 0. The van der Waals surface area contributed by atoms with Crippen LogP contribution < -0.4 is 0 Å². The molecule has 1 aromatic carbocycles. The molecule has 0 saturated heterocycles. The monoisotopic (exact) mass is 356 g/mol. The minimum Gasteiger partial charge on any atom is -0.207 e. The van der Waals surface area contributed by atoms with E-state index in [1.165, 1.54) is 89.0 Å². The lowest BCUT2D eigenvalue weighted by atomic mass is 9.77. The van der Waals surface area contributed by atoms with Gasteiger partial charge in [-0.05, 0) is 60.8 Å². The molecule has 0 amide bonds. The maximum atomic E-state index is 13.5. The van der Waals surface area contributed by atoms with Crippen LogP contribution in [0.15, 0.2) is 23.8 Å². The molecule has 0 atom stereocenters. The third-order valence-corrected chi connectivity index (χ3v) is 6.74. The summed E-state index contributed by atoms with van der Waals surface area (Å²) in [6.07, 6.45) is 21.5. The van der Waals surface area contributed by atoms with Crippen molar-refractivity contribution in [2.45, 2.75) is 96.8 Å². The van der Waals surface area contributed by atoms with Crippen LogP contribution in [0.1, 0.15) is 102 Å². The first-order valence-electron chi connectivity index (χ1n) is 11.2. The van der Waals surface area contributed by atoms with Crippen molar-refractivity contribution in [3.8, 4) is 0 Å². The topological polar surface area (TPSA) is 0 Å². The molecule has 0 aliphatic heterocycles. The highest BCUT2D eigenvalue weighted by Crippen LogP contribution is 2.36. The van der Waals surface area contributed by atoms with Gasteiger partial charge >= 0.3 is 0 Å². The van der Waals surface area contributed by atoms with Gasteiger partial charge in [-0.15, -0.1) is 0 Å². The number of rotatable bonds is 9. The van der Waals surface area contributed by atoms with Crippen molar-refractivity contribution in [2.24, 2.45) is 11.8 Å². The quantitative estimate of drug-likeness (QED) is 0.392. The van der Waals surface area contributed by atoms with Crippen molar-refractivity contribution in [3.05, 3.63) is 40.7 Å². The van der Waals surface area contributed by atoms with Gasteiger partial charge in [-0.1, -0.05) is 88.8 Å². The van der Waals surface area contributed by atoms with Crippen LogP contribution >= 0.6 is 0 Å². The molecule has 1 aromatic rings. The van der Waals surface area contributed by atoms with E-state index in [0.717, 1.165) is 23.8 Å². The summed E-state index contributed by atoms with van der Waals surface area (Å²) >= 11 is 0. The second kappa shape index (κ2) is 10.3. The minimum atomic E-state index is -0.103. The van der Waals surface area contributed by atoms with Crippen molar-refractivity contribution < 1.29 is 4.39 Å². The van der Waals surface area contributed by atoms with E-state index in [1.807, 2.05) is 6.07 Å². The van der Waals surface area contributed by atoms with E-state index in [-0.39, 0.29) is 5.82 Å². The van der Waals surface area contributed by atoms with Crippen LogP contribution in [0.3, 0.4) is 0 Å². The Hall–Kier alpha value is -1.11. The van der Waals surface area contributed by atoms with Gasteiger partial charge in [0, 0.05) is 0 Å². The summed E-state index contributed by atoms with van der Waals surface area (Å²) < 4.78 is 13.5. The SMILES string of the molecule is CCCCCCCC1CCC(CCC2=Cc3cc(F)ccc3CC2)CC1. The molecule has 2 aliphatic carbocycles. The Kier molecular flexibility index (Phi) is 7.77. The van der Waals surface area contributed by atoms with Crippen molar-refractivity contribution in [1.82, 2.24) is 0 Å². The number of aryl methyl sites for hydroxylation is 1. The van der Waals surface area contributed by atoms with E-state index in [4.69, 9.17) is 0 Å². The number of unbranched alkanes of at least 4 members (excludes halogenated alkanes) is 4. The minimum absolute atomic E-state index is 0.103. The molecule has 0 aromatic heterocycles. The molecule has 0 bridgehead atoms. The van der Waals surface area contributed by atoms with Crippen molar-refractivity contribution in [3.63, 3.8) is 0 Å². The fraction of sp³-hybridized carbons (Fsp3) is 0.680. The Labute approximate surface area is 160 Å². The van der Waals surface area contributed by atoms with Gasteiger partial charge in [0.1, 0.15) is 5.82 Å². The Balaban J connectivity index is 1.35. The number of benzene rings is 1. The lowest BCUT2D eigenvalue weighted by molar-refractivity contribution is 0.248. The maximum Gasteiger partial charge on any atom is 0.123 e. The third-order valence-electron chi connectivity index (χ3n) is 6.74. The van der Waals surface area contributed by atoms with E-state index in [9.17, 15) is 4.39 Å². The van der Waals surface area contributed by atoms with E-state index >= 15 is 0 Å². The number of fused-ring (bicyclic) bond motifs is 1. The lowest BCUT2D eigenvalue weighted by Crippen LogP contribution is -2.15. The fourth-order valence-electron chi connectivity index (χ4n) is 4.95. The Bertz CT molecular complexity index is 578. The molecule has 26 heavy (non-hydrogen) atoms. The van der Waals surface area contributed by atoms with E-state index in [1.54, 1.807) is 17.7 Å². The van der Waals surface area contributed by atoms with E-state index < -0.39 is 0 Å². The molecule has 144 valence electrons. The van der Waals surface area contributed by atoms with Gasteiger partial charge in [0.15, 0.2) is 0 Å². The number of allylic oxidation sites excluding steroid dienone is 1. The first-order valence-corrected chi connectivity index (χ1v) is 11.2. The highest BCUT2D eigenvalue weighted by Gasteiger charge is 2.21. The lowest BCUT2D eigenvalue weighted by Gasteiger charge is -2.29. The molecule has 0 N–H and O–H groups in total. The average molecular weight is 357 g/mol. The van der Waals surface area contributed by atoms with Crippen molar-refractivity contribution >= 4 is 6.08 Å². The summed E-state index contributed by atoms with van der Waals surface area (Å²) in [4.78, 5) is 0. The van der Waals surface area contributed by atoms with Crippen LogP contribution in [0.5, 0.6) is 0 Å². The highest BCUT2D eigenvalue weighted by molar-refractivity contribution is 5.59. The van der Waals surface area contributed by atoms with Crippen LogP contribution in [0.4, 0.5) is 4.39 Å². The summed E-state index contributed by atoms with van der Waals surface area (Å²) in [5.41, 5.74) is 3.98. The van der Waals surface area contributed by atoms with E-state index in [0.29, 0.717) is 0 Å². The van der Waals surface area contributed by atoms with Crippen LogP contribution in [0.25, 0.3) is 6.08 Å². The van der Waals surface area contributed by atoms with Crippen LogP contribution in [0.2, 0.25) is 0 Å². The van der Waals surface area contributed by atoms with Crippen LogP contribution in [-0.4, -0.2) is 0 Å². The number of hydrogen-bond acceptors (Lipinski definition) is 0. The summed E-state index contributed by atoms with van der Waals surface area (Å²) in [6, 6.07) is 5.27. The Morgan fingerprint density at radius 3 is 2.38 bits per heavy atom. The normalized spacial score (nSPS) is 22.8. The molecule has 0 radical (unpaired) electrons. The summed E-state index contributed by atoms with van der Waals surface area (Å²) in [6.45, 7) is 2.29. The van der Waals surface area contributed by atoms with Crippen LogP contribution in [0, 0.1) is 17.7 Å². The van der Waals surface area contributed by atoms with Gasteiger partial charge in [-0.3, -0.25) is 0 Å². The molecular formula is C25H37F. The second-order valence-electron chi connectivity index (χ2n) is 8.77. The molecule has 3 rings (SSSR count). The van der Waals surface area contributed by atoms with Gasteiger partial charge in [-0.25, -0.2) is 4.39 Å². The molecule has 1 saturated carbocycles. The zero-order chi connectivity index (χ0) is 18.2. The summed E-state index contributed by atoms with van der Waals surface area (Å²) in [7, 11) is 0. The Morgan fingerprint density at radius 2 is 1.62 bits per heavy atom. The van der Waals surface area contributed by atoms with Crippen molar-refractivity contribution in [2.75, 3.05) is 0 Å². The van der Waals surface area contributed by atoms with Gasteiger partial charge in [0.05, 0.1) is 0 Å². The largest absolute Gasteiger partial charge is 0.207 e. The predicted molar refractivity (Wildman–Crippen MR) is 111 cm³/mol. The standard InChI is InChI=1S/C25H37F/c1-2-3-4-5-6-7-20-8-10-21(11-9-20)12-13-22-14-15-23-16-17-25(26)19-24(23)18-22/h16-21H,2-15H2,1H3. The summed E-state index contributed by atoms with van der Waals surface area (Å²) in [5, 5.41) is 0. The van der Waals surface area contributed by atoms with E-state index in [2.05, 4.69) is 13.0 Å².